The first-order valence-electron chi connectivity index (χ1n) is 14.7. The van der Waals surface area contributed by atoms with Gasteiger partial charge in [-0.1, -0.05) is 61.3 Å². The molecule has 5 rings (SSSR count). The van der Waals surface area contributed by atoms with Crippen molar-refractivity contribution in [3.05, 3.63) is 69.7 Å². The maximum Gasteiger partial charge on any atom is 0.304 e. The van der Waals surface area contributed by atoms with E-state index in [9.17, 15) is 23.1 Å². The number of rotatable bonds is 10. The van der Waals surface area contributed by atoms with Crippen LogP contribution >= 0.6 is 23.2 Å². The zero-order valence-corrected chi connectivity index (χ0v) is 26.4. The van der Waals surface area contributed by atoms with Gasteiger partial charge in [0, 0.05) is 54.7 Å². The largest absolute Gasteiger partial charge is 0.481 e. The number of hydrogen-bond donors (Lipinski definition) is 1. The standard InChI is InChI=1S/C31H39Cl2N3O5S/c1-3-25(20-34-13-15-35(16-14-34)42(40,41)26-11-12-26)36-29(21-7-9-23(32)10-8-21)27(22-5-4-6-24(33)17-22)18-31(2,30(36)39)19-28(37)38/h4-10,17,25-27,29H,3,11-16,18-20H2,1-2H3,(H,37,38)/t25?,27-,29-,31-/m1/s1. The van der Waals surface area contributed by atoms with Crippen molar-refractivity contribution in [3.63, 3.8) is 0 Å². The first-order valence-corrected chi connectivity index (χ1v) is 17.0. The lowest BCUT2D eigenvalue weighted by Crippen LogP contribution is -2.59. The van der Waals surface area contributed by atoms with E-state index in [4.69, 9.17) is 23.2 Å². The second-order valence-electron chi connectivity index (χ2n) is 12.2. The third kappa shape index (κ3) is 6.50. The van der Waals surface area contributed by atoms with Crippen molar-refractivity contribution in [2.24, 2.45) is 5.41 Å². The number of carbonyl (C=O) groups is 2. The van der Waals surface area contributed by atoms with E-state index in [1.54, 1.807) is 11.2 Å². The van der Waals surface area contributed by atoms with Crippen molar-refractivity contribution < 1.29 is 23.1 Å². The summed E-state index contributed by atoms with van der Waals surface area (Å²) in [5, 5.41) is 10.8. The summed E-state index contributed by atoms with van der Waals surface area (Å²) in [7, 11) is -3.23. The highest BCUT2D eigenvalue weighted by Crippen LogP contribution is 2.52. The van der Waals surface area contributed by atoms with E-state index in [2.05, 4.69) is 4.90 Å². The SMILES string of the molecule is CCC(CN1CCN(S(=O)(=O)C2CC2)CC1)N1C(=O)[C@@](C)(CC(=O)O)C[C@H](c2cccc(Cl)c2)[C@H]1c1ccc(Cl)cc1. The fraction of sp³-hybridized carbons (Fsp3) is 0.548. The van der Waals surface area contributed by atoms with Crippen LogP contribution in [0.2, 0.25) is 10.0 Å². The summed E-state index contributed by atoms with van der Waals surface area (Å²) in [5.74, 6) is -1.40. The van der Waals surface area contributed by atoms with Crippen LogP contribution in [0.25, 0.3) is 0 Å². The molecule has 2 heterocycles. The Morgan fingerprint density at radius 2 is 1.69 bits per heavy atom. The fourth-order valence-electron chi connectivity index (χ4n) is 6.74. The summed E-state index contributed by atoms with van der Waals surface area (Å²) in [5.41, 5.74) is 0.755. The van der Waals surface area contributed by atoms with Crippen LogP contribution in [0.4, 0.5) is 0 Å². The number of amides is 1. The van der Waals surface area contributed by atoms with Crippen molar-refractivity contribution in [2.45, 2.75) is 69.2 Å². The number of carbonyl (C=O) groups excluding carboxylic acids is 1. The van der Waals surface area contributed by atoms with Crippen molar-refractivity contribution >= 4 is 45.1 Å². The number of nitrogens with zero attached hydrogens (tertiary/aromatic N) is 3. The van der Waals surface area contributed by atoms with Gasteiger partial charge in [0.1, 0.15) is 0 Å². The van der Waals surface area contributed by atoms with Crippen molar-refractivity contribution in [2.75, 3.05) is 32.7 Å². The molecule has 228 valence electrons. The number of hydrogen-bond acceptors (Lipinski definition) is 5. The molecule has 0 bridgehead atoms. The van der Waals surface area contributed by atoms with Crippen LogP contribution in [0, 0.1) is 5.41 Å². The summed E-state index contributed by atoms with van der Waals surface area (Å²) < 4.78 is 27.2. The normalized spacial score (nSPS) is 26.8. The lowest BCUT2D eigenvalue weighted by atomic mass is 9.67. The van der Waals surface area contributed by atoms with E-state index >= 15 is 0 Å². The Morgan fingerprint density at radius 1 is 1.02 bits per heavy atom. The van der Waals surface area contributed by atoms with Crippen LogP contribution in [0.3, 0.4) is 0 Å². The minimum absolute atomic E-state index is 0.176. The number of carboxylic acid groups (broad SMARTS) is 1. The molecular formula is C31H39Cl2N3O5S. The maximum atomic E-state index is 14.5. The average Bonchev–Trinajstić information content (AvgIpc) is 3.80. The van der Waals surface area contributed by atoms with Crippen molar-refractivity contribution in [1.29, 1.82) is 0 Å². The Kier molecular flexibility index (Phi) is 9.26. The first-order chi connectivity index (χ1) is 19.9. The Balaban J connectivity index is 1.50. The van der Waals surface area contributed by atoms with Gasteiger partial charge in [0.2, 0.25) is 15.9 Å². The monoisotopic (exact) mass is 635 g/mol. The molecule has 3 fully saturated rings. The number of halogens is 2. The van der Waals surface area contributed by atoms with E-state index < -0.39 is 21.4 Å². The van der Waals surface area contributed by atoms with Gasteiger partial charge in [-0.15, -0.1) is 0 Å². The molecule has 1 unspecified atom stereocenters. The molecule has 2 aromatic carbocycles. The third-order valence-corrected chi connectivity index (χ3v) is 12.0. The number of sulfonamides is 1. The van der Waals surface area contributed by atoms with Gasteiger partial charge < -0.3 is 10.0 Å². The molecule has 1 amide bonds. The van der Waals surface area contributed by atoms with Gasteiger partial charge in [-0.3, -0.25) is 14.5 Å². The van der Waals surface area contributed by atoms with E-state index in [0.717, 1.165) is 24.0 Å². The highest BCUT2D eigenvalue weighted by Gasteiger charge is 2.52. The minimum Gasteiger partial charge on any atom is -0.481 e. The predicted molar refractivity (Wildman–Crippen MR) is 164 cm³/mol. The van der Waals surface area contributed by atoms with Crippen LogP contribution in [0.1, 0.15) is 69.0 Å². The molecule has 1 saturated carbocycles. The molecule has 1 aliphatic carbocycles. The molecule has 11 heteroatoms. The van der Waals surface area contributed by atoms with Gasteiger partial charge in [-0.25, -0.2) is 8.42 Å². The molecular weight excluding hydrogens is 597 g/mol. The van der Waals surface area contributed by atoms with Gasteiger partial charge in [-0.2, -0.15) is 4.31 Å². The van der Waals surface area contributed by atoms with Crippen LogP contribution in [0.15, 0.2) is 48.5 Å². The molecule has 42 heavy (non-hydrogen) atoms. The van der Waals surface area contributed by atoms with Crippen LogP contribution in [-0.4, -0.2) is 83.5 Å². The van der Waals surface area contributed by atoms with Crippen LogP contribution in [0.5, 0.6) is 0 Å². The third-order valence-electron chi connectivity index (χ3n) is 9.10. The zero-order valence-electron chi connectivity index (χ0n) is 24.1. The average molecular weight is 637 g/mol. The second kappa shape index (κ2) is 12.4. The minimum atomic E-state index is -3.23. The molecule has 0 radical (unpaired) electrons. The number of piperidine rings is 1. The zero-order chi connectivity index (χ0) is 30.2. The summed E-state index contributed by atoms with van der Waals surface area (Å²) >= 11 is 12.7. The number of benzene rings is 2. The summed E-state index contributed by atoms with van der Waals surface area (Å²) in [6.45, 7) is 6.41. The van der Waals surface area contributed by atoms with Crippen molar-refractivity contribution in [1.82, 2.24) is 14.1 Å². The lowest BCUT2D eigenvalue weighted by molar-refractivity contribution is -0.161. The number of likely N-dealkylation sites (tertiary alicyclic amines) is 1. The second-order valence-corrected chi connectivity index (χ2v) is 15.3. The van der Waals surface area contributed by atoms with E-state index in [1.807, 2.05) is 60.4 Å². The first kappa shape index (κ1) is 31.3. The molecule has 4 atom stereocenters. The Bertz CT molecular complexity index is 1410. The molecule has 2 saturated heterocycles. The Labute approximate surface area is 258 Å². The fourth-order valence-corrected chi connectivity index (χ4v) is 8.89. The number of aliphatic carboxylic acids is 1. The highest BCUT2D eigenvalue weighted by atomic mass is 35.5. The summed E-state index contributed by atoms with van der Waals surface area (Å²) in [4.78, 5) is 30.7. The quantitative estimate of drug-likeness (QED) is 0.374. The van der Waals surface area contributed by atoms with E-state index in [0.29, 0.717) is 55.6 Å². The van der Waals surface area contributed by atoms with Crippen molar-refractivity contribution in [3.8, 4) is 0 Å². The van der Waals surface area contributed by atoms with Gasteiger partial charge in [0.15, 0.2) is 0 Å². The number of carboxylic acids is 1. The molecule has 3 aliphatic rings. The van der Waals surface area contributed by atoms with E-state index in [1.165, 1.54) is 0 Å². The maximum absolute atomic E-state index is 14.5. The van der Waals surface area contributed by atoms with Crippen LogP contribution in [-0.2, 0) is 19.6 Å². The lowest BCUT2D eigenvalue weighted by Gasteiger charge is -2.52. The van der Waals surface area contributed by atoms with E-state index in [-0.39, 0.29) is 35.6 Å². The highest BCUT2D eigenvalue weighted by molar-refractivity contribution is 7.90. The Hall–Kier alpha value is -2.17. The Morgan fingerprint density at radius 3 is 2.26 bits per heavy atom. The molecule has 2 aliphatic heterocycles. The molecule has 0 aromatic heterocycles. The summed E-state index contributed by atoms with van der Waals surface area (Å²) in [6, 6.07) is 14.5. The smallest absolute Gasteiger partial charge is 0.304 e. The predicted octanol–water partition coefficient (Wildman–Crippen LogP) is 5.42. The molecule has 0 spiro atoms. The molecule has 8 nitrogen and oxygen atoms in total. The molecule has 2 aromatic rings. The van der Waals surface area contributed by atoms with Gasteiger partial charge in [-0.05, 0) is 61.1 Å². The van der Waals surface area contributed by atoms with Crippen LogP contribution < -0.4 is 0 Å². The number of piperazine rings is 1. The van der Waals surface area contributed by atoms with Gasteiger partial charge in [0.05, 0.1) is 23.1 Å². The topological polar surface area (TPSA) is 98.2 Å². The molecule has 1 N–H and O–H groups in total. The summed E-state index contributed by atoms with van der Waals surface area (Å²) in [6.07, 6.45) is 2.22. The van der Waals surface area contributed by atoms with Gasteiger partial charge in [0.25, 0.3) is 0 Å². The van der Waals surface area contributed by atoms with Gasteiger partial charge >= 0.3 is 5.97 Å².